The van der Waals surface area contributed by atoms with E-state index in [-0.39, 0.29) is 23.1 Å². The van der Waals surface area contributed by atoms with Crippen LogP contribution in [0.25, 0.3) is 11.0 Å². The van der Waals surface area contributed by atoms with Crippen LogP contribution in [0.1, 0.15) is 55.3 Å². The van der Waals surface area contributed by atoms with Crippen molar-refractivity contribution in [2.45, 2.75) is 51.6 Å². The van der Waals surface area contributed by atoms with Crippen LogP contribution >= 0.6 is 0 Å². The number of amides is 1. The topological polar surface area (TPSA) is 104 Å². The predicted octanol–water partition coefficient (Wildman–Crippen LogP) is 3.43. The molecule has 0 atom stereocenters. The van der Waals surface area contributed by atoms with E-state index in [4.69, 9.17) is 0 Å². The number of anilines is 2. The standard InChI is InChI=1S/C24H24N6O2/c1-15(31)29-9-8-16-11-20(7-6-17(16)14-29)27-24-26-13-19-10-18(12-25)23(32)30(22(19)28-24)21-4-2-3-5-21/h6-7,10-11,13,21H,2-5,8-9,14H2,1H3,(H,26,27,28). The van der Waals surface area contributed by atoms with Crippen molar-refractivity contribution in [1.29, 1.82) is 5.26 Å². The second-order valence-electron chi connectivity index (χ2n) is 8.55. The first-order valence-corrected chi connectivity index (χ1v) is 11.0. The number of nitrogens with zero attached hydrogens (tertiary/aromatic N) is 5. The van der Waals surface area contributed by atoms with Crippen molar-refractivity contribution in [2.24, 2.45) is 0 Å². The Balaban J connectivity index is 1.49. The lowest BCUT2D eigenvalue weighted by Gasteiger charge is -2.28. The van der Waals surface area contributed by atoms with Gasteiger partial charge in [0.15, 0.2) is 0 Å². The van der Waals surface area contributed by atoms with Crippen LogP contribution in [-0.2, 0) is 17.8 Å². The first-order chi connectivity index (χ1) is 15.5. The SMILES string of the molecule is CC(=O)N1CCc2cc(Nc3ncc4cc(C#N)c(=O)n(C5CCCC5)c4n3)ccc2C1. The number of aromatic nitrogens is 3. The second kappa shape index (κ2) is 8.08. The van der Waals surface area contributed by atoms with Crippen LogP contribution in [0.5, 0.6) is 0 Å². The third-order valence-corrected chi connectivity index (χ3v) is 6.50. The number of rotatable bonds is 3. The molecule has 32 heavy (non-hydrogen) atoms. The van der Waals surface area contributed by atoms with Crippen LogP contribution in [0, 0.1) is 11.3 Å². The lowest BCUT2D eigenvalue weighted by molar-refractivity contribution is -0.129. The fourth-order valence-electron chi connectivity index (χ4n) is 4.79. The number of hydrogen-bond acceptors (Lipinski definition) is 6. The van der Waals surface area contributed by atoms with Crippen LogP contribution in [-0.4, -0.2) is 31.9 Å². The summed E-state index contributed by atoms with van der Waals surface area (Å²) in [5, 5.41) is 13.4. The molecule has 0 radical (unpaired) electrons. The lowest BCUT2D eigenvalue weighted by atomic mass is 9.99. The summed E-state index contributed by atoms with van der Waals surface area (Å²) in [4.78, 5) is 35.5. The van der Waals surface area contributed by atoms with Crippen molar-refractivity contribution < 1.29 is 4.79 Å². The maximum absolute atomic E-state index is 12.9. The molecule has 3 heterocycles. The Kier molecular flexibility index (Phi) is 5.10. The Morgan fingerprint density at radius 2 is 2.03 bits per heavy atom. The molecule has 1 aliphatic heterocycles. The second-order valence-corrected chi connectivity index (χ2v) is 8.55. The van der Waals surface area contributed by atoms with Crippen LogP contribution in [0.3, 0.4) is 0 Å². The van der Waals surface area contributed by atoms with Crippen molar-refractivity contribution in [1.82, 2.24) is 19.4 Å². The monoisotopic (exact) mass is 428 g/mol. The van der Waals surface area contributed by atoms with Crippen LogP contribution < -0.4 is 10.9 Å². The molecule has 1 aliphatic carbocycles. The normalized spacial score (nSPS) is 16.1. The summed E-state index contributed by atoms with van der Waals surface area (Å²) in [7, 11) is 0. The van der Waals surface area contributed by atoms with Crippen molar-refractivity contribution in [2.75, 3.05) is 11.9 Å². The quantitative estimate of drug-likeness (QED) is 0.685. The average Bonchev–Trinajstić information content (AvgIpc) is 3.32. The Hall–Kier alpha value is -3.73. The first-order valence-electron chi connectivity index (χ1n) is 11.0. The Morgan fingerprint density at radius 3 is 2.78 bits per heavy atom. The lowest BCUT2D eigenvalue weighted by Crippen LogP contribution is -2.34. The number of fused-ring (bicyclic) bond motifs is 2. The molecule has 8 nitrogen and oxygen atoms in total. The smallest absolute Gasteiger partial charge is 0.270 e. The molecule has 1 saturated carbocycles. The summed E-state index contributed by atoms with van der Waals surface area (Å²) in [5.41, 5.74) is 3.63. The van der Waals surface area contributed by atoms with Gasteiger partial charge >= 0.3 is 0 Å². The van der Waals surface area contributed by atoms with E-state index in [1.165, 1.54) is 5.56 Å². The fraction of sp³-hybridized carbons (Fsp3) is 0.375. The molecule has 1 amide bonds. The highest BCUT2D eigenvalue weighted by Crippen LogP contribution is 2.31. The van der Waals surface area contributed by atoms with E-state index in [1.54, 1.807) is 23.8 Å². The zero-order chi connectivity index (χ0) is 22.2. The zero-order valence-corrected chi connectivity index (χ0v) is 18.0. The largest absolute Gasteiger partial charge is 0.338 e. The molecule has 2 aliphatic rings. The molecule has 1 aromatic carbocycles. The predicted molar refractivity (Wildman–Crippen MR) is 121 cm³/mol. The van der Waals surface area contributed by atoms with E-state index in [1.807, 2.05) is 23.1 Å². The molecule has 0 spiro atoms. The Labute approximate surface area is 185 Å². The molecule has 5 rings (SSSR count). The van der Waals surface area contributed by atoms with Gasteiger partial charge < -0.3 is 10.2 Å². The molecule has 1 fully saturated rings. The van der Waals surface area contributed by atoms with E-state index in [0.717, 1.165) is 43.4 Å². The average molecular weight is 428 g/mol. The molecule has 0 unspecified atom stereocenters. The number of carbonyl (C=O) groups excluding carboxylic acids is 1. The fourth-order valence-corrected chi connectivity index (χ4v) is 4.79. The van der Waals surface area contributed by atoms with Crippen molar-refractivity contribution >= 4 is 28.6 Å². The summed E-state index contributed by atoms with van der Waals surface area (Å²) >= 11 is 0. The minimum Gasteiger partial charge on any atom is -0.338 e. The van der Waals surface area contributed by atoms with Gasteiger partial charge in [-0.2, -0.15) is 10.2 Å². The maximum Gasteiger partial charge on any atom is 0.270 e. The number of hydrogen-bond donors (Lipinski definition) is 1. The molecule has 0 bridgehead atoms. The third-order valence-electron chi connectivity index (χ3n) is 6.50. The summed E-state index contributed by atoms with van der Waals surface area (Å²) < 4.78 is 1.69. The van der Waals surface area contributed by atoms with E-state index in [0.29, 0.717) is 30.1 Å². The van der Waals surface area contributed by atoms with Gasteiger partial charge in [-0.05, 0) is 48.6 Å². The maximum atomic E-state index is 12.9. The van der Waals surface area contributed by atoms with Gasteiger partial charge in [0.2, 0.25) is 11.9 Å². The van der Waals surface area contributed by atoms with Crippen LogP contribution in [0.2, 0.25) is 0 Å². The molecule has 3 aromatic rings. The van der Waals surface area contributed by atoms with Crippen molar-refractivity contribution in [3.05, 3.63) is 57.5 Å². The number of nitriles is 1. The number of nitrogens with one attached hydrogen (secondary N) is 1. The van der Waals surface area contributed by atoms with Crippen molar-refractivity contribution in [3.63, 3.8) is 0 Å². The first kappa shape index (κ1) is 20.2. The highest BCUT2D eigenvalue weighted by Gasteiger charge is 2.23. The molecule has 1 N–H and O–H groups in total. The van der Waals surface area contributed by atoms with E-state index < -0.39 is 0 Å². The van der Waals surface area contributed by atoms with Crippen molar-refractivity contribution in [3.8, 4) is 6.07 Å². The highest BCUT2D eigenvalue weighted by molar-refractivity contribution is 5.77. The number of benzene rings is 1. The Bertz CT molecular complexity index is 1320. The van der Waals surface area contributed by atoms with Gasteiger partial charge in [0.25, 0.3) is 5.56 Å². The van der Waals surface area contributed by atoms with Gasteiger partial charge in [-0.15, -0.1) is 0 Å². The van der Waals surface area contributed by atoms with E-state index in [2.05, 4.69) is 21.4 Å². The summed E-state index contributed by atoms with van der Waals surface area (Å²) in [6.45, 7) is 2.95. The van der Waals surface area contributed by atoms with Gasteiger partial charge in [-0.1, -0.05) is 18.9 Å². The molecule has 0 saturated heterocycles. The number of pyridine rings is 1. The van der Waals surface area contributed by atoms with Gasteiger partial charge in [0, 0.05) is 43.3 Å². The van der Waals surface area contributed by atoms with Gasteiger partial charge in [-0.3, -0.25) is 14.2 Å². The molecular weight excluding hydrogens is 404 g/mol. The zero-order valence-electron chi connectivity index (χ0n) is 18.0. The van der Waals surface area contributed by atoms with E-state index >= 15 is 0 Å². The van der Waals surface area contributed by atoms with Crippen LogP contribution in [0.4, 0.5) is 11.6 Å². The summed E-state index contributed by atoms with van der Waals surface area (Å²) in [5.74, 6) is 0.504. The molecular formula is C24H24N6O2. The third kappa shape index (κ3) is 3.60. The minimum absolute atomic E-state index is 0.0639. The number of carbonyl (C=O) groups is 1. The summed E-state index contributed by atoms with van der Waals surface area (Å²) in [6, 6.07) is 9.71. The van der Waals surface area contributed by atoms with Crippen LogP contribution in [0.15, 0.2) is 35.3 Å². The van der Waals surface area contributed by atoms with Gasteiger partial charge in [0.1, 0.15) is 17.3 Å². The molecule has 162 valence electrons. The van der Waals surface area contributed by atoms with Gasteiger partial charge in [-0.25, -0.2) is 4.98 Å². The minimum atomic E-state index is -0.277. The van der Waals surface area contributed by atoms with Gasteiger partial charge in [0.05, 0.1) is 0 Å². The summed E-state index contributed by atoms with van der Waals surface area (Å²) in [6.07, 6.45) is 6.45. The molecule has 2 aromatic heterocycles. The van der Waals surface area contributed by atoms with E-state index in [9.17, 15) is 14.9 Å². The molecule has 8 heteroatoms. The Morgan fingerprint density at radius 1 is 1.22 bits per heavy atom. The highest BCUT2D eigenvalue weighted by atomic mass is 16.2.